The fraction of sp³-hybridized carbons (Fsp3) is 0.200. The minimum atomic E-state index is 0.165. The van der Waals surface area contributed by atoms with Crippen LogP contribution in [0.5, 0.6) is 0 Å². The van der Waals surface area contributed by atoms with Crippen molar-refractivity contribution in [3.63, 3.8) is 0 Å². The molecule has 3 N–H and O–H groups in total. The van der Waals surface area contributed by atoms with Gasteiger partial charge >= 0.3 is 0 Å². The molecule has 0 aliphatic rings. The van der Waals surface area contributed by atoms with Gasteiger partial charge in [-0.15, -0.1) is 0 Å². The standard InChI is InChI=1S/C15H18N2/c1-12-6-5-7-13(10-12)11-15(17-16)14-8-3-2-4-9-14/h2-10,15,17H,11,16H2,1H3. The zero-order valence-corrected chi connectivity index (χ0v) is 10.1. The molecule has 0 saturated heterocycles. The van der Waals surface area contributed by atoms with Gasteiger partial charge in [0, 0.05) is 6.04 Å². The van der Waals surface area contributed by atoms with Crippen LogP contribution in [0.1, 0.15) is 22.7 Å². The second-order valence-electron chi connectivity index (χ2n) is 4.32. The molecule has 0 heterocycles. The largest absolute Gasteiger partial charge is 0.271 e. The van der Waals surface area contributed by atoms with E-state index in [0.29, 0.717) is 0 Å². The molecule has 2 aromatic rings. The van der Waals surface area contributed by atoms with E-state index in [1.165, 1.54) is 16.7 Å². The maximum atomic E-state index is 5.64. The van der Waals surface area contributed by atoms with Crippen LogP contribution >= 0.6 is 0 Å². The Morgan fingerprint density at radius 3 is 2.47 bits per heavy atom. The van der Waals surface area contributed by atoms with Crippen molar-refractivity contribution in [2.75, 3.05) is 0 Å². The maximum absolute atomic E-state index is 5.64. The summed E-state index contributed by atoms with van der Waals surface area (Å²) in [6.45, 7) is 2.11. The molecule has 17 heavy (non-hydrogen) atoms. The van der Waals surface area contributed by atoms with Crippen LogP contribution in [0.3, 0.4) is 0 Å². The summed E-state index contributed by atoms with van der Waals surface area (Å²) in [6.07, 6.45) is 0.905. The Labute approximate surface area is 102 Å². The highest BCUT2D eigenvalue weighted by atomic mass is 15.2. The molecule has 0 spiro atoms. The molecule has 0 saturated carbocycles. The van der Waals surface area contributed by atoms with Crippen LogP contribution in [0.4, 0.5) is 0 Å². The normalized spacial score (nSPS) is 12.4. The Morgan fingerprint density at radius 1 is 1.06 bits per heavy atom. The minimum Gasteiger partial charge on any atom is -0.271 e. The van der Waals surface area contributed by atoms with Crippen molar-refractivity contribution in [1.82, 2.24) is 5.43 Å². The highest BCUT2D eigenvalue weighted by Crippen LogP contribution is 2.17. The predicted octanol–water partition coefficient (Wildman–Crippen LogP) is 2.74. The topological polar surface area (TPSA) is 38.0 Å². The van der Waals surface area contributed by atoms with Crippen molar-refractivity contribution in [2.45, 2.75) is 19.4 Å². The van der Waals surface area contributed by atoms with Crippen molar-refractivity contribution < 1.29 is 0 Å². The summed E-state index contributed by atoms with van der Waals surface area (Å²) in [4.78, 5) is 0. The van der Waals surface area contributed by atoms with Crippen LogP contribution < -0.4 is 11.3 Å². The van der Waals surface area contributed by atoms with E-state index in [0.717, 1.165) is 6.42 Å². The summed E-state index contributed by atoms with van der Waals surface area (Å²) in [5.41, 5.74) is 6.69. The van der Waals surface area contributed by atoms with Crippen molar-refractivity contribution in [1.29, 1.82) is 0 Å². The molecule has 0 bridgehead atoms. The molecule has 1 unspecified atom stereocenters. The molecule has 0 amide bonds. The quantitative estimate of drug-likeness (QED) is 0.621. The van der Waals surface area contributed by atoms with E-state index in [1.54, 1.807) is 0 Å². The first-order valence-corrected chi connectivity index (χ1v) is 5.86. The maximum Gasteiger partial charge on any atom is 0.0500 e. The van der Waals surface area contributed by atoms with Gasteiger partial charge < -0.3 is 0 Å². The van der Waals surface area contributed by atoms with Gasteiger partial charge in [-0.05, 0) is 24.5 Å². The lowest BCUT2D eigenvalue weighted by Gasteiger charge is -2.16. The summed E-state index contributed by atoms with van der Waals surface area (Å²) in [5, 5.41) is 0. The highest BCUT2D eigenvalue weighted by Gasteiger charge is 2.09. The smallest absolute Gasteiger partial charge is 0.0500 e. The average molecular weight is 226 g/mol. The Balaban J connectivity index is 2.16. The van der Waals surface area contributed by atoms with Crippen molar-refractivity contribution >= 4 is 0 Å². The average Bonchev–Trinajstić information content (AvgIpc) is 2.37. The lowest BCUT2D eigenvalue weighted by atomic mass is 9.98. The van der Waals surface area contributed by atoms with E-state index in [1.807, 2.05) is 18.2 Å². The number of nitrogens with two attached hydrogens (primary N) is 1. The number of rotatable bonds is 4. The monoisotopic (exact) mass is 226 g/mol. The molecule has 0 aromatic heterocycles. The lowest BCUT2D eigenvalue weighted by molar-refractivity contribution is 0.552. The van der Waals surface area contributed by atoms with Crippen molar-refractivity contribution in [3.05, 3.63) is 71.3 Å². The molecule has 2 aromatic carbocycles. The molecule has 0 aliphatic carbocycles. The van der Waals surface area contributed by atoms with Crippen molar-refractivity contribution in [3.8, 4) is 0 Å². The first-order chi connectivity index (χ1) is 8.29. The lowest BCUT2D eigenvalue weighted by Crippen LogP contribution is -2.29. The van der Waals surface area contributed by atoms with Gasteiger partial charge in [-0.1, -0.05) is 60.2 Å². The number of hydrogen-bond acceptors (Lipinski definition) is 2. The molecule has 0 fully saturated rings. The molecule has 88 valence electrons. The molecule has 2 heteroatoms. The van der Waals surface area contributed by atoms with E-state index in [9.17, 15) is 0 Å². The fourth-order valence-electron chi connectivity index (χ4n) is 2.03. The first kappa shape index (κ1) is 11.8. The minimum absolute atomic E-state index is 0.165. The second kappa shape index (κ2) is 5.62. The van der Waals surface area contributed by atoms with Gasteiger partial charge in [-0.25, -0.2) is 0 Å². The Kier molecular flexibility index (Phi) is 3.91. The molecule has 1 atom stereocenters. The number of hydrazine groups is 1. The SMILES string of the molecule is Cc1cccc(CC(NN)c2ccccc2)c1. The molecule has 0 radical (unpaired) electrons. The summed E-state index contributed by atoms with van der Waals surface area (Å²) in [5.74, 6) is 5.64. The molecular formula is C15H18N2. The van der Waals surface area contributed by atoms with Gasteiger partial charge in [0.1, 0.15) is 0 Å². The van der Waals surface area contributed by atoms with Gasteiger partial charge in [0.25, 0.3) is 0 Å². The second-order valence-corrected chi connectivity index (χ2v) is 4.32. The zero-order valence-electron chi connectivity index (χ0n) is 10.1. The zero-order chi connectivity index (χ0) is 12.1. The van der Waals surface area contributed by atoms with Crippen LogP contribution in [0, 0.1) is 6.92 Å². The van der Waals surface area contributed by atoms with E-state index in [2.05, 4.69) is 48.7 Å². The Bertz CT molecular complexity index is 465. The Morgan fingerprint density at radius 2 is 1.82 bits per heavy atom. The third-order valence-electron chi connectivity index (χ3n) is 2.93. The fourth-order valence-corrected chi connectivity index (χ4v) is 2.03. The Hall–Kier alpha value is -1.64. The number of benzene rings is 2. The first-order valence-electron chi connectivity index (χ1n) is 5.86. The summed E-state index contributed by atoms with van der Waals surface area (Å²) < 4.78 is 0. The summed E-state index contributed by atoms with van der Waals surface area (Å²) >= 11 is 0. The van der Waals surface area contributed by atoms with E-state index in [-0.39, 0.29) is 6.04 Å². The highest BCUT2D eigenvalue weighted by molar-refractivity contribution is 5.26. The van der Waals surface area contributed by atoms with Gasteiger partial charge in [0.2, 0.25) is 0 Å². The molecular weight excluding hydrogens is 208 g/mol. The molecule has 2 rings (SSSR count). The van der Waals surface area contributed by atoms with Crippen LogP contribution in [0.15, 0.2) is 54.6 Å². The van der Waals surface area contributed by atoms with E-state index in [4.69, 9.17) is 5.84 Å². The molecule has 0 aliphatic heterocycles. The predicted molar refractivity (Wildman–Crippen MR) is 71.4 cm³/mol. The van der Waals surface area contributed by atoms with Gasteiger partial charge in [0.15, 0.2) is 0 Å². The summed E-state index contributed by atoms with van der Waals surface area (Å²) in [6, 6.07) is 19.0. The van der Waals surface area contributed by atoms with Crippen LogP contribution in [-0.4, -0.2) is 0 Å². The number of hydrogen-bond donors (Lipinski definition) is 2. The number of nitrogens with one attached hydrogen (secondary N) is 1. The van der Waals surface area contributed by atoms with Gasteiger partial charge in [-0.2, -0.15) is 0 Å². The third-order valence-corrected chi connectivity index (χ3v) is 2.93. The van der Waals surface area contributed by atoms with Crippen LogP contribution in [-0.2, 0) is 6.42 Å². The third kappa shape index (κ3) is 3.16. The summed E-state index contributed by atoms with van der Waals surface area (Å²) in [7, 11) is 0. The van der Waals surface area contributed by atoms with Crippen molar-refractivity contribution in [2.24, 2.45) is 5.84 Å². The van der Waals surface area contributed by atoms with Gasteiger partial charge in [-0.3, -0.25) is 11.3 Å². The molecule has 2 nitrogen and oxygen atoms in total. The van der Waals surface area contributed by atoms with Gasteiger partial charge in [0.05, 0.1) is 0 Å². The van der Waals surface area contributed by atoms with Crippen LogP contribution in [0.2, 0.25) is 0 Å². The number of aryl methyl sites for hydroxylation is 1. The van der Waals surface area contributed by atoms with Crippen LogP contribution in [0.25, 0.3) is 0 Å². The van der Waals surface area contributed by atoms with E-state index < -0.39 is 0 Å². The van der Waals surface area contributed by atoms with E-state index >= 15 is 0 Å².